The van der Waals surface area contributed by atoms with Crippen molar-refractivity contribution < 1.29 is 13.5 Å². The van der Waals surface area contributed by atoms with Gasteiger partial charge in [-0.2, -0.15) is 4.31 Å². The molecule has 3 rings (SSSR count). The highest BCUT2D eigenvalue weighted by Crippen LogP contribution is 2.25. The lowest BCUT2D eigenvalue weighted by molar-refractivity contribution is 0.266. The number of nitrogens with one attached hydrogen (secondary N) is 1. The smallest absolute Gasteiger partial charge is 0.243 e. The SMILES string of the molecule is CN(CCO)S(=O)(=O)c1ccccc1CNC1CCCn2ccnc21. The van der Waals surface area contributed by atoms with Crippen molar-refractivity contribution in [2.75, 3.05) is 20.2 Å². The third-order valence-electron chi connectivity index (χ3n) is 4.57. The topological polar surface area (TPSA) is 87.5 Å². The summed E-state index contributed by atoms with van der Waals surface area (Å²) in [5.74, 6) is 1.00. The van der Waals surface area contributed by atoms with E-state index in [1.54, 1.807) is 18.3 Å². The fraction of sp³-hybridized carbons (Fsp3) is 0.471. The Kier molecular flexibility index (Phi) is 5.53. The predicted molar refractivity (Wildman–Crippen MR) is 94.4 cm³/mol. The minimum Gasteiger partial charge on any atom is -0.395 e. The molecule has 7 nitrogen and oxygen atoms in total. The molecule has 1 aromatic carbocycles. The first kappa shape index (κ1) is 18.1. The number of nitrogens with zero attached hydrogens (tertiary/aromatic N) is 3. The number of fused-ring (bicyclic) bond motifs is 1. The third kappa shape index (κ3) is 3.77. The van der Waals surface area contributed by atoms with Gasteiger partial charge in [0.05, 0.1) is 17.5 Å². The Morgan fingerprint density at radius 2 is 2.20 bits per heavy atom. The molecule has 2 aromatic rings. The zero-order valence-electron chi connectivity index (χ0n) is 14.3. The molecule has 0 spiro atoms. The first-order valence-electron chi connectivity index (χ1n) is 8.43. The number of imidazole rings is 1. The van der Waals surface area contributed by atoms with Crippen molar-refractivity contribution in [2.45, 2.75) is 36.9 Å². The minimum atomic E-state index is -3.62. The molecule has 25 heavy (non-hydrogen) atoms. The van der Waals surface area contributed by atoms with Gasteiger partial charge in [0.25, 0.3) is 0 Å². The molecule has 2 N–H and O–H groups in total. The van der Waals surface area contributed by atoms with Crippen LogP contribution < -0.4 is 5.32 Å². The molecule has 8 heteroatoms. The van der Waals surface area contributed by atoms with Gasteiger partial charge in [0.15, 0.2) is 0 Å². The number of hydrogen-bond donors (Lipinski definition) is 2. The summed E-state index contributed by atoms with van der Waals surface area (Å²) in [6.45, 7) is 1.29. The first-order valence-corrected chi connectivity index (χ1v) is 9.87. The van der Waals surface area contributed by atoms with Crippen LogP contribution in [0.25, 0.3) is 0 Å². The normalized spacial score (nSPS) is 17.6. The van der Waals surface area contributed by atoms with Gasteiger partial charge in [-0.05, 0) is 24.5 Å². The summed E-state index contributed by atoms with van der Waals surface area (Å²) in [4.78, 5) is 4.70. The summed E-state index contributed by atoms with van der Waals surface area (Å²) in [5, 5.41) is 12.5. The zero-order valence-corrected chi connectivity index (χ0v) is 15.1. The summed E-state index contributed by atoms with van der Waals surface area (Å²) in [7, 11) is -2.14. The highest BCUT2D eigenvalue weighted by Gasteiger charge is 2.25. The van der Waals surface area contributed by atoms with Gasteiger partial charge in [-0.15, -0.1) is 0 Å². The Bertz CT molecular complexity index is 819. The number of sulfonamides is 1. The monoisotopic (exact) mass is 364 g/mol. The standard InChI is InChI=1S/C17H24N4O3S/c1-20(11-12-22)25(23,24)16-7-3-2-5-14(16)13-19-15-6-4-9-21-10-8-18-17(15)21/h2-3,5,7-8,10,15,19,22H,4,6,9,11-13H2,1H3. The number of aliphatic hydroxyl groups is 1. The zero-order chi connectivity index (χ0) is 17.9. The maximum Gasteiger partial charge on any atom is 0.243 e. The Hall–Kier alpha value is -1.74. The van der Waals surface area contributed by atoms with Crippen LogP contribution >= 0.6 is 0 Å². The highest BCUT2D eigenvalue weighted by atomic mass is 32.2. The van der Waals surface area contributed by atoms with Crippen molar-refractivity contribution in [2.24, 2.45) is 0 Å². The summed E-state index contributed by atoms with van der Waals surface area (Å²) < 4.78 is 28.8. The molecule has 0 amide bonds. The number of likely N-dealkylation sites (N-methyl/N-ethyl adjacent to an activating group) is 1. The number of aromatic nitrogens is 2. The van der Waals surface area contributed by atoms with Crippen molar-refractivity contribution >= 4 is 10.0 Å². The second-order valence-electron chi connectivity index (χ2n) is 6.21. The quantitative estimate of drug-likeness (QED) is 0.769. The van der Waals surface area contributed by atoms with Gasteiger partial charge in [-0.25, -0.2) is 13.4 Å². The van der Waals surface area contributed by atoms with Crippen LogP contribution in [0.3, 0.4) is 0 Å². The summed E-state index contributed by atoms with van der Waals surface area (Å²) >= 11 is 0. The van der Waals surface area contributed by atoms with Crippen LogP contribution in [0.2, 0.25) is 0 Å². The van der Waals surface area contributed by atoms with Crippen molar-refractivity contribution in [3.63, 3.8) is 0 Å². The van der Waals surface area contributed by atoms with Gasteiger partial charge < -0.3 is 15.0 Å². The summed E-state index contributed by atoms with van der Waals surface area (Å²) in [5.41, 5.74) is 0.718. The molecule has 1 aliphatic heterocycles. The molecule has 0 saturated carbocycles. The Morgan fingerprint density at radius 1 is 1.40 bits per heavy atom. The van der Waals surface area contributed by atoms with Gasteiger partial charge in [-0.3, -0.25) is 0 Å². The second kappa shape index (κ2) is 7.65. The van der Waals surface area contributed by atoms with Crippen LogP contribution in [0.1, 0.15) is 30.3 Å². The maximum absolute atomic E-state index is 12.7. The van der Waals surface area contributed by atoms with Gasteiger partial charge >= 0.3 is 0 Å². The number of rotatable bonds is 7. The number of benzene rings is 1. The fourth-order valence-corrected chi connectivity index (χ4v) is 4.55. The fourth-order valence-electron chi connectivity index (χ4n) is 3.17. The molecular formula is C17H24N4O3S. The average Bonchev–Trinajstić information content (AvgIpc) is 3.09. The largest absolute Gasteiger partial charge is 0.395 e. The first-order chi connectivity index (χ1) is 12.0. The molecule has 1 aliphatic rings. The molecule has 0 fully saturated rings. The molecular weight excluding hydrogens is 340 g/mol. The van der Waals surface area contributed by atoms with E-state index in [1.165, 1.54) is 11.4 Å². The van der Waals surface area contributed by atoms with Crippen LogP contribution in [0.15, 0.2) is 41.6 Å². The van der Waals surface area contributed by atoms with E-state index in [0.717, 1.165) is 30.8 Å². The number of aliphatic hydroxyl groups excluding tert-OH is 1. The van der Waals surface area contributed by atoms with Crippen molar-refractivity contribution in [1.29, 1.82) is 0 Å². The molecule has 0 bridgehead atoms. The van der Waals surface area contributed by atoms with Crippen LogP contribution in [0.5, 0.6) is 0 Å². The van der Waals surface area contributed by atoms with Gasteiger partial charge in [-0.1, -0.05) is 18.2 Å². The molecule has 0 saturated heterocycles. The lowest BCUT2D eigenvalue weighted by Crippen LogP contribution is -2.32. The van der Waals surface area contributed by atoms with Crippen LogP contribution in [0, 0.1) is 0 Å². The van der Waals surface area contributed by atoms with E-state index >= 15 is 0 Å². The van der Waals surface area contributed by atoms with E-state index in [0.29, 0.717) is 6.54 Å². The lowest BCUT2D eigenvalue weighted by atomic mass is 10.1. The van der Waals surface area contributed by atoms with Crippen molar-refractivity contribution in [1.82, 2.24) is 19.2 Å². The second-order valence-corrected chi connectivity index (χ2v) is 8.23. The summed E-state index contributed by atoms with van der Waals surface area (Å²) in [6, 6.07) is 7.11. The van der Waals surface area contributed by atoms with Gasteiger partial charge in [0.1, 0.15) is 5.82 Å². The van der Waals surface area contributed by atoms with Crippen molar-refractivity contribution in [3.8, 4) is 0 Å². The van der Waals surface area contributed by atoms with E-state index in [9.17, 15) is 8.42 Å². The Labute approximate surface area is 148 Å². The molecule has 136 valence electrons. The van der Waals surface area contributed by atoms with Gasteiger partial charge in [0, 0.05) is 39.1 Å². The third-order valence-corrected chi connectivity index (χ3v) is 6.52. The summed E-state index contributed by atoms with van der Waals surface area (Å²) in [6.07, 6.45) is 5.83. The lowest BCUT2D eigenvalue weighted by Gasteiger charge is -2.25. The number of aryl methyl sites for hydroxylation is 1. The van der Waals surface area contributed by atoms with Gasteiger partial charge in [0.2, 0.25) is 10.0 Å². The van der Waals surface area contributed by atoms with Crippen LogP contribution in [-0.4, -0.2) is 47.6 Å². The van der Waals surface area contributed by atoms with E-state index in [1.807, 2.05) is 18.3 Å². The molecule has 2 heterocycles. The molecule has 1 atom stereocenters. The van der Waals surface area contributed by atoms with E-state index in [-0.39, 0.29) is 24.1 Å². The minimum absolute atomic E-state index is 0.0736. The highest BCUT2D eigenvalue weighted by molar-refractivity contribution is 7.89. The molecule has 1 unspecified atom stereocenters. The Balaban J connectivity index is 1.79. The Morgan fingerprint density at radius 3 is 3.00 bits per heavy atom. The van der Waals surface area contributed by atoms with Crippen molar-refractivity contribution in [3.05, 3.63) is 48.0 Å². The average molecular weight is 364 g/mol. The molecule has 0 aliphatic carbocycles. The molecule has 1 aromatic heterocycles. The maximum atomic E-state index is 12.7. The number of hydrogen-bond acceptors (Lipinski definition) is 5. The van der Waals surface area contributed by atoms with Crippen LogP contribution in [0.4, 0.5) is 0 Å². The van der Waals surface area contributed by atoms with Crippen LogP contribution in [-0.2, 0) is 23.1 Å². The molecule has 0 radical (unpaired) electrons. The predicted octanol–water partition coefficient (Wildman–Crippen LogP) is 1.12. The van der Waals surface area contributed by atoms with E-state index < -0.39 is 10.0 Å². The van der Waals surface area contributed by atoms with E-state index in [4.69, 9.17) is 5.11 Å². The van der Waals surface area contributed by atoms with E-state index in [2.05, 4.69) is 14.9 Å².